The van der Waals surface area contributed by atoms with E-state index in [9.17, 15) is 9.59 Å². The van der Waals surface area contributed by atoms with Crippen LogP contribution in [0.3, 0.4) is 0 Å². The second-order valence-corrected chi connectivity index (χ2v) is 5.25. The summed E-state index contributed by atoms with van der Waals surface area (Å²) < 4.78 is 0. The van der Waals surface area contributed by atoms with Crippen molar-refractivity contribution in [3.63, 3.8) is 0 Å². The highest BCUT2D eigenvalue weighted by Gasteiger charge is 2.39. The monoisotopic (exact) mass is 277 g/mol. The van der Waals surface area contributed by atoms with Gasteiger partial charge in [0.05, 0.1) is 12.1 Å². The van der Waals surface area contributed by atoms with Gasteiger partial charge < -0.3 is 16.0 Å². The molecule has 0 bridgehead atoms. The Balaban J connectivity index is 0.00000289. The average Bonchev–Trinajstić information content (AvgIpc) is 2.63. The van der Waals surface area contributed by atoms with E-state index in [-0.39, 0.29) is 36.8 Å². The molecule has 0 saturated heterocycles. The first-order valence-corrected chi connectivity index (χ1v) is 6.19. The standard InChI is InChI=1S/C12H23N3O2.ClH/c1-9(2)14-10(16)8-15(3)11(17)12(13)6-4-5-7-12;/h9H,4-8,13H2,1-3H3,(H,14,16);1H. The van der Waals surface area contributed by atoms with Crippen LogP contribution in [0.2, 0.25) is 0 Å². The van der Waals surface area contributed by atoms with Crippen LogP contribution in [0.4, 0.5) is 0 Å². The van der Waals surface area contributed by atoms with Crippen molar-refractivity contribution in [3.05, 3.63) is 0 Å². The van der Waals surface area contributed by atoms with Crippen LogP contribution < -0.4 is 11.1 Å². The first kappa shape index (κ1) is 17.2. The molecule has 0 atom stereocenters. The quantitative estimate of drug-likeness (QED) is 0.793. The maximum atomic E-state index is 12.1. The van der Waals surface area contributed by atoms with Gasteiger partial charge in [-0.3, -0.25) is 9.59 Å². The van der Waals surface area contributed by atoms with Gasteiger partial charge in [-0.2, -0.15) is 0 Å². The lowest BCUT2D eigenvalue weighted by atomic mass is 9.97. The normalized spacial score (nSPS) is 17.2. The summed E-state index contributed by atoms with van der Waals surface area (Å²) in [6.07, 6.45) is 3.44. The number of amides is 2. The Kier molecular flexibility index (Phi) is 6.63. The summed E-state index contributed by atoms with van der Waals surface area (Å²) in [5, 5.41) is 2.76. The number of nitrogens with two attached hydrogens (primary N) is 1. The molecule has 0 heterocycles. The van der Waals surface area contributed by atoms with E-state index in [1.165, 1.54) is 4.90 Å². The maximum absolute atomic E-state index is 12.1. The Morgan fingerprint density at radius 3 is 2.28 bits per heavy atom. The summed E-state index contributed by atoms with van der Waals surface area (Å²) in [6.45, 7) is 3.86. The van der Waals surface area contributed by atoms with Gasteiger partial charge in [0, 0.05) is 13.1 Å². The van der Waals surface area contributed by atoms with Crippen LogP contribution in [-0.2, 0) is 9.59 Å². The molecule has 0 aromatic rings. The fraction of sp³-hybridized carbons (Fsp3) is 0.833. The molecule has 6 heteroatoms. The summed E-state index contributed by atoms with van der Waals surface area (Å²) in [7, 11) is 1.63. The molecular formula is C12H24ClN3O2. The minimum atomic E-state index is -0.743. The summed E-state index contributed by atoms with van der Waals surface area (Å²) >= 11 is 0. The van der Waals surface area contributed by atoms with Crippen molar-refractivity contribution in [2.45, 2.75) is 51.1 Å². The third kappa shape index (κ3) is 4.46. The fourth-order valence-electron chi connectivity index (χ4n) is 2.25. The predicted molar refractivity (Wildman–Crippen MR) is 73.6 cm³/mol. The third-order valence-corrected chi connectivity index (χ3v) is 3.10. The van der Waals surface area contributed by atoms with Gasteiger partial charge in [0.15, 0.2) is 0 Å². The first-order valence-electron chi connectivity index (χ1n) is 6.19. The molecule has 0 aromatic carbocycles. The smallest absolute Gasteiger partial charge is 0.242 e. The Labute approximate surface area is 115 Å². The van der Waals surface area contributed by atoms with Crippen molar-refractivity contribution in [1.82, 2.24) is 10.2 Å². The minimum Gasteiger partial charge on any atom is -0.352 e. The van der Waals surface area contributed by atoms with Gasteiger partial charge in [-0.05, 0) is 26.7 Å². The fourth-order valence-corrected chi connectivity index (χ4v) is 2.25. The van der Waals surface area contributed by atoms with Crippen molar-refractivity contribution in [2.75, 3.05) is 13.6 Å². The summed E-state index contributed by atoms with van der Waals surface area (Å²) in [5.74, 6) is -0.258. The SMILES string of the molecule is CC(C)NC(=O)CN(C)C(=O)C1(N)CCCC1.Cl. The maximum Gasteiger partial charge on any atom is 0.242 e. The summed E-state index contributed by atoms with van der Waals surface area (Å²) in [4.78, 5) is 25.1. The summed E-state index contributed by atoms with van der Waals surface area (Å²) in [6, 6.07) is 0.0873. The first-order chi connectivity index (χ1) is 7.85. The highest BCUT2D eigenvalue weighted by atomic mass is 35.5. The van der Waals surface area contributed by atoms with Gasteiger partial charge in [0.2, 0.25) is 11.8 Å². The number of rotatable bonds is 4. The van der Waals surface area contributed by atoms with Gasteiger partial charge in [-0.25, -0.2) is 0 Å². The second kappa shape index (κ2) is 6.95. The van der Waals surface area contributed by atoms with Crippen molar-refractivity contribution in [2.24, 2.45) is 5.73 Å². The van der Waals surface area contributed by atoms with Crippen molar-refractivity contribution >= 4 is 24.2 Å². The van der Waals surface area contributed by atoms with Crippen LogP contribution in [0.25, 0.3) is 0 Å². The van der Waals surface area contributed by atoms with Crippen LogP contribution in [0.1, 0.15) is 39.5 Å². The molecule has 0 aliphatic heterocycles. The lowest BCUT2D eigenvalue weighted by Gasteiger charge is -2.28. The van der Waals surface area contributed by atoms with Gasteiger partial charge in [-0.15, -0.1) is 12.4 Å². The predicted octanol–water partition coefficient (Wildman–Crippen LogP) is 0.663. The molecule has 106 valence electrons. The third-order valence-electron chi connectivity index (χ3n) is 3.10. The molecule has 18 heavy (non-hydrogen) atoms. The molecule has 2 amide bonds. The molecule has 1 aliphatic rings. The number of hydrogen-bond acceptors (Lipinski definition) is 3. The molecule has 1 fully saturated rings. The van der Waals surface area contributed by atoms with Crippen LogP contribution in [-0.4, -0.2) is 41.9 Å². The van der Waals surface area contributed by atoms with Crippen LogP contribution in [0.5, 0.6) is 0 Å². The highest BCUT2D eigenvalue weighted by Crippen LogP contribution is 2.28. The summed E-state index contributed by atoms with van der Waals surface area (Å²) in [5.41, 5.74) is 5.31. The van der Waals surface area contributed by atoms with Crippen LogP contribution >= 0.6 is 12.4 Å². The molecule has 1 aliphatic carbocycles. The van der Waals surface area contributed by atoms with E-state index in [1.54, 1.807) is 7.05 Å². The van der Waals surface area contributed by atoms with E-state index in [1.807, 2.05) is 13.8 Å². The van der Waals surface area contributed by atoms with Gasteiger partial charge in [0.1, 0.15) is 0 Å². The number of halogens is 1. The average molecular weight is 278 g/mol. The van der Waals surface area contributed by atoms with E-state index in [0.29, 0.717) is 0 Å². The zero-order chi connectivity index (χ0) is 13.1. The van der Waals surface area contributed by atoms with E-state index in [2.05, 4.69) is 5.32 Å². The lowest BCUT2D eigenvalue weighted by Crippen LogP contribution is -2.54. The zero-order valence-corrected chi connectivity index (χ0v) is 12.2. The van der Waals surface area contributed by atoms with Crippen LogP contribution in [0, 0.1) is 0 Å². The molecule has 1 rings (SSSR count). The Bertz CT molecular complexity index is 302. The van der Waals surface area contributed by atoms with E-state index in [0.717, 1.165) is 25.7 Å². The molecule has 0 unspecified atom stereocenters. The van der Waals surface area contributed by atoms with Gasteiger partial charge in [0.25, 0.3) is 0 Å². The van der Waals surface area contributed by atoms with Crippen molar-refractivity contribution in [1.29, 1.82) is 0 Å². The molecule has 5 nitrogen and oxygen atoms in total. The van der Waals surface area contributed by atoms with Gasteiger partial charge in [-0.1, -0.05) is 12.8 Å². The minimum absolute atomic E-state index is 0. The number of likely N-dealkylation sites (N-methyl/N-ethyl adjacent to an activating group) is 1. The van der Waals surface area contributed by atoms with Crippen LogP contribution in [0.15, 0.2) is 0 Å². The number of carbonyl (C=O) groups is 2. The van der Waals surface area contributed by atoms with E-state index >= 15 is 0 Å². The molecule has 1 saturated carbocycles. The van der Waals surface area contributed by atoms with E-state index in [4.69, 9.17) is 5.73 Å². The Hall–Kier alpha value is -0.810. The number of hydrogen-bond donors (Lipinski definition) is 2. The van der Waals surface area contributed by atoms with Gasteiger partial charge >= 0.3 is 0 Å². The molecule has 0 aromatic heterocycles. The Morgan fingerprint density at radius 1 is 1.33 bits per heavy atom. The van der Waals surface area contributed by atoms with Crippen molar-refractivity contribution < 1.29 is 9.59 Å². The molecule has 0 radical (unpaired) electrons. The van der Waals surface area contributed by atoms with E-state index < -0.39 is 5.54 Å². The second-order valence-electron chi connectivity index (χ2n) is 5.25. The molecule has 3 N–H and O–H groups in total. The highest BCUT2D eigenvalue weighted by molar-refractivity contribution is 5.90. The largest absolute Gasteiger partial charge is 0.352 e. The zero-order valence-electron chi connectivity index (χ0n) is 11.4. The number of carbonyl (C=O) groups excluding carboxylic acids is 2. The van der Waals surface area contributed by atoms with Crippen molar-refractivity contribution in [3.8, 4) is 0 Å². The number of nitrogens with zero attached hydrogens (tertiary/aromatic N) is 1. The Morgan fingerprint density at radius 2 is 1.83 bits per heavy atom. The molecular weight excluding hydrogens is 254 g/mol. The topological polar surface area (TPSA) is 75.4 Å². The molecule has 0 spiro atoms. The number of nitrogens with one attached hydrogen (secondary N) is 1. The lowest BCUT2D eigenvalue weighted by molar-refractivity contribution is -0.139.